The van der Waals surface area contributed by atoms with E-state index in [0.29, 0.717) is 22.9 Å². The Morgan fingerprint density at radius 3 is 2.16 bits per heavy atom. The van der Waals surface area contributed by atoms with Crippen molar-refractivity contribution in [3.05, 3.63) is 90.5 Å². The van der Waals surface area contributed by atoms with Crippen molar-refractivity contribution in [3.8, 4) is 22.9 Å². The van der Waals surface area contributed by atoms with Gasteiger partial charge in [0.05, 0.1) is 0 Å². The van der Waals surface area contributed by atoms with Crippen LogP contribution in [0.15, 0.2) is 84.9 Å². The summed E-state index contributed by atoms with van der Waals surface area (Å²) < 4.78 is 5.69. The van der Waals surface area contributed by atoms with Crippen LogP contribution in [0.4, 0.5) is 0 Å². The Morgan fingerprint density at radius 1 is 0.806 bits per heavy atom. The predicted octanol–water partition coefficient (Wildman–Crippen LogP) is 2.59. The summed E-state index contributed by atoms with van der Waals surface area (Å²) in [7, 11) is 0. The second-order valence-electron chi connectivity index (χ2n) is 6.45. The van der Waals surface area contributed by atoms with Crippen molar-refractivity contribution in [2.45, 2.75) is 6.54 Å². The average Bonchev–Trinajstić information content (AvgIpc) is 3.28. The SMILES string of the molecule is O=C(Cn1nnc(-c2ccccc2)n1)NNC(=O)c1ccc(Oc2ccccc2)cc1. The van der Waals surface area contributed by atoms with Gasteiger partial charge >= 0.3 is 0 Å². The molecule has 0 saturated carbocycles. The Morgan fingerprint density at radius 2 is 1.45 bits per heavy atom. The van der Waals surface area contributed by atoms with E-state index >= 15 is 0 Å². The topological polar surface area (TPSA) is 111 Å². The molecule has 9 heteroatoms. The fraction of sp³-hybridized carbons (Fsp3) is 0.0455. The summed E-state index contributed by atoms with van der Waals surface area (Å²) >= 11 is 0. The van der Waals surface area contributed by atoms with Gasteiger partial charge in [-0.05, 0) is 41.6 Å². The maximum absolute atomic E-state index is 12.2. The van der Waals surface area contributed by atoms with E-state index in [-0.39, 0.29) is 6.54 Å². The minimum atomic E-state index is -0.491. The second kappa shape index (κ2) is 9.31. The zero-order valence-electron chi connectivity index (χ0n) is 16.3. The maximum Gasteiger partial charge on any atom is 0.269 e. The Balaban J connectivity index is 1.27. The standard InChI is InChI=1S/C22H18N6O3/c29-20(15-28-26-21(24-27-28)16-7-3-1-4-8-16)23-25-22(30)17-11-13-19(14-12-17)31-18-9-5-2-6-10-18/h1-14H,15H2,(H,23,29)(H,25,30). The number of tetrazole rings is 1. The van der Waals surface area contributed by atoms with Gasteiger partial charge in [-0.2, -0.15) is 4.80 Å². The van der Waals surface area contributed by atoms with Crippen molar-refractivity contribution in [1.82, 2.24) is 31.1 Å². The van der Waals surface area contributed by atoms with E-state index in [0.717, 1.165) is 10.4 Å². The molecule has 31 heavy (non-hydrogen) atoms. The predicted molar refractivity (Wildman–Crippen MR) is 112 cm³/mol. The van der Waals surface area contributed by atoms with Gasteiger partial charge in [-0.25, -0.2) is 0 Å². The van der Waals surface area contributed by atoms with Gasteiger partial charge in [-0.15, -0.1) is 10.2 Å². The van der Waals surface area contributed by atoms with Gasteiger partial charge < -0.3 is 4.74 Å². The quantitative estimate of drug-likeness (QED) is 0.469. The highest BCUT2D eigenvalue weighted by Gasteiger charge is 2.11. The third kappa shape index (κ3) is 5.30. The Hall–Kier alpha value is -4.53. The molecule has 0 unspecified atom stereocenters. The number of benzene rings is 3. The van der Waals surface area contributed by atoms with Gasteiger partial charge in [-0.3, -0.25) is 20.4 Å². The fourth-order valence-electron chi connectivity index (χ4n) is 2.68. The number of hydrogen-bond donors (Lipinski definition) is 2. The van der Waals surface area contributed by atoms with Crippen molar-refractivity contribution < 1.29 is 14.3 Å². The first-order valence-electron chi connectivity index (χ1n) is 9.43. The van der Waals surface area contributed by atoms with Gasteiger partial charge in [0.1, 0.15) is 18.0 Å². The van der Waals surface area contributed by atoms with Crippen molar-refractivity contribution >= 4 is 11.8 Å². The third-order valence-corrected chi connectivity index (χ3v) is 4.18. The number of nitrogens with one attached hydrogen (secondary N) is 2. The summed E-state index contributed by atoms with van der Waals surface area (Å²) in [4.78, 5) is 25.5. The monoisotopic (exact) mass is 414 g/mol. The van der Waals surface area contributed by atoms with E-state index in [2.05, 4.69) is 26.3 Å². The van der Waals surface area contributed by atoms with Crippen molar-refractivity contribution in [2.24, 2.45) is 0 Å². The fourth-order valence-corrected chi connectivity index (χ4v) is 2.68. The third-order valence-electron chi connectivity index (χ3n) is 4.18. The lowest BCUT2D eigenvalue weighted by atomic mass is 10.2. The summed E-state index contributed by atoms with van der Waals surface area (Å²) in [5.74, 6) is 0.753. The Bertz CT molecular complexity index is 1160. The zero-order chi connectivity index (χ0) is 21.5. The van der Waals surface area contributed by atoms with Crippen LogP contribution in [0.25, 0.3) is 11.4 Å². The molecular weight excluding hydrogens is 396 g/mol. The van der Waals surface area contributed by atoms with Gasteiger partial charge in [0.2, 0.25) is 5.82 Å². The molecular formula is C22H18N6O3. The number of rotatable bonds is 6. The minimum absolute atomic E-state index is 0.191. The average molecular weight is 414 g/mol. The number of nitrogens with zero attached hydrogens (tertiary/aromatic N) is 4. The Labute approximate surface area is 177 Å². The van der Waals surface area contributed by atoms with E-state index in [1.807, 2.05) is 60.7 Å². The van der Waals surface area contributed by atoms with Crippen LogP contribution in [-0.4, -0.2) is 32.0 Å². The van der Waals surface area contributed by atoms with Crippen LogP contribution < -0.4 is 15.6 Å². The molecule has 3 aromatic carbocycles. The largest absolute Gasteiger partial charge is 0.457 e. The molecule has 1 heterocycles. The molecule has 9 nitrogen and oxygen atoms in total. The second-order valence-corrected chi connectivity index (χ2v) is 6.45. The number of carbonyl (C=O) groups excluding carboxylic acids is 2. The van der Waals surface area contributed by atoms with E-state index < -0.39 is 11.8 Å². The van der Waals surface area contributed by atoms with Crippen molar-refractivity contribution in [3.63, 3.8) is 0 Å². The van der Waals surface area contributed by atoms with Crippen LogP contribution in [0.2, 0.25) is 0 Å². The molecule has 2 amide bonds. The summed E-state index contributed by atoms with van der Waals surface area (Å²) in [6, 6.07) is 25.2. The Kier molecular flexibility index (Phi) is 5.94. The first-order valence-corrected chi connectivity index (χ1v) is 9.43. The number of ether oxygens (including phenoxy) is 1. The minimum Gasteiger partial charge on any atom is -0.457 e. The van der Waals surface area contributed by atoms with Crippen LogP contribution in [0.1, 0.15) is 10.4 Å². The van der Waals surface area contributed by atoms with Crippen LogP contribution in [0.3, 0.4) is 0 Å². The van der Waals surface area contributed by atoms with Gasteiger partial charge in [0, 0.05) is 11.1 Å². The van der Waals surface area contributed by atoms with Crippen LogP contribution in [0.5, 0.6) is 11.5 Å². The molecule has 4 rings (SSSR count). The summed E-state index contributed by atoms with van der Waals surface area (Å²) in [6.45, 7) is -0.191. The molecule has 0 radical (unpaired) electrons. The lowest BCUT2D eigenvalue weighted by Gasteiger charge is -2.08. The highest BCUT2D eigenvalue weighted by Crippen LogP contribution is 2.21. The summed E-state index contributed by atoms with van der Waals surface area (Å²) in [6.07, 6.45) is 0. The molecule has 0 aliphatic rings. The normalized spacial score (nSPS) is 10.3. The van der Waals surface area contributed by atoms with Gasteiger partial charge in [0.15, 0.2) is 0 Å². The van der Waals surface area contributed by atoms with Crippen molar-refractivity contribution in [2.75, 3.05) is 0 Å². The van der Waals surface area contributed by atoms with E-state index in [1.165, 1.54) is 0 Å². The maximum atomic E-state index is 12.2. The van der Waals surface area contributed by atoms with Crippen LogP contribution >= 0.6 is 0 Å². The molecule has 0 aliphatic heterocycles. The molecule has 0 fully saturated rings. The van der Waals surface area contributed by atoms with E-state index in [4.69, 9.17) is 4.74 Å². The van der Waals surface area contributed by atoms with E-state index in [1.54, 1.807) is 24.3 Å². The number of aromatic nitrogens is 4. The number of hydrazine groups is 1. The summed E-state index contributed by atoms with van der Waals surface area (Å²) in [5.41, 5.74) is 5.85. The van der Waals surface area contributed by atoms with Crippen LogP contribution in [-0.2, 0) is 11.3 Å². The molecule has 1 aromatic heterocycles. The van der Waals surface area contributed by atoms with E-state index in [9.17, 15) is 9.59 Å². The highest BCUT2D eigenvalue weighted by atomic mass is 16.5. The number of carbonyl (C=O) groups is 2. The smallest absolute Gasteiger partial charge is 0.269 e. The number of hydrogen-bond acceptors (Lipinski definition) is 6. The van der Waals surface area contributed by atoms with Crippen molar-refractivity contribution in [1.29, 1.82) is 0 Å². The molecule has 0 bridgehead atoms. The highest BCUT2D eigenvalue weighted by molar-refractivity contribution is 5.95. The molecule has 0 spiro atoms. The first-order chi connectivity index (χ1) is 15.2. The summed E-state index contributed by atoms with van der Waals surface area (Å²) in [5, 5.41) is 11.9. The molecule has 2 N–H and O–H groups in total. The zero-order valence-corrected chi connectivity index (χ0v) is 16.3. The lowest BCUT2D eigenvalue weighted by Crippen LogP contribution is -2.43. The van der Waals surface area contributed by atoms with Gasteiger partial charge in [-0.1, -0.05) is 48.5 Å². The number of para-hydroxylation sites is 1. The lowest BCUT2D eigenvalue weighted by molar-refractivity contribution is -0.122. The van der Waals surface area contributed by atoms with Crippen LogP contribution in [0, 0.1) is 0 Å². The molecule has 4 aromatic rings. The number of amides is 2. The van der Waals surface area contributed by atoms with Gasteiger partial charge in [0.25, 0.3) is 11.8 Å². The molecule has 154 valence electrons. The first kappa shape index (κ1) is 19.8. The molecule has 0 saturated heterocycles. The molecule has 0 aliphatic carbocycles. The molecule has 0 atom stereocenters.